The van der Waals surface area contributed by atoms with Gasteiger partial charge in [0.2, 0.25) is 0 Å². The average Bonchev–Trinajstić information content (AvgIpc) is 2.81. The summed E-state index contributed by atoms with van der Waals surface area (Å²) in [5.41, 5.74) is 0.0378. The van der Waals surface area contributed by atoms with Crippen molar-refractivity contribution < 1.29 is 57.3 Å². The largest absolute Gasteiger partial charge is 0.490 e. The molecule has 36 heavy (non-hydrogen) atoms. The van der Waals surface area contributed by atoms with Crippen LogP contribution in [0, 0.1) is 0 Å². The molecule has 1 aromatic rings. The number of esters is 1. The van der Waals surface area contributed by atoms with Gasteiger partial charge < -0.3 is 25.5 Å². The van der Waals surface area contributed by atoms with Gasteiger partial charge in [-0.25, -0.2) is 9.59 Å². The van der Waals surface area contributed by atoms with Crippen molar-refractivity contribution >= 4 is 47.2 Å². The summed E-state index contributed by atoms with van der Waals surface area (Å²) in [6.45, 7) is 0.962. The van der Waals surface area contributed by atoms with Gasteiger partial charge in [0.25, 0.3) is 11.8 Å². The highest BCUT2D eigenvalue weighted by atomic mass is 32.2. The zero-order chi connectivity index (χ0) is 27.2. The summed E-state index contributed by atoms with van der Waals surface area (Å²) in [6.07, 6.45) is -2.26. The number of nitrogens with one attached hydrogen (secondary N) is 1. The number of rotatable bonds is 6. The highest BCUT2D eigenvalue weighted by Gasteiger charge is 2.54. The van der Waals surface area contributed by atoms with Crippen LogP contribution in [0.3, 0.4) is 0 Å². The summed E-state index contributed by atoms with van der Waals surface area (Å²) in [5.74, 6) is -5.86. The molecule has 0 unspecified atom stereocenters. The van der Waals surface area contributed by atoms with E-state index >= 15 is 0 Å². The Balaban J connectivity index is 0.000000572. The molecule has 2 atom stereocenters. The minimum absolute atomic E-state index is 0.209. The minimum Gasteiger partial charge on any atom is -0.477 e. The quantitative estimate of drug-likeness (QED) is 0.128. The molecule has 1 saturated heterocycles. The Kier molecular flexibility index (Phi) is 8.99. The van der Waals surface area contributed by atoms with E-state index in [1.165, 1.54) is 43.2 Å². The van der Waals surface area contributed by atoms with Crippen molar-refractivity contribution in [3.05, 3.63) is 41.4 Å². The standard InChI is InChI=1S/C17H16N4O7S.C2HF3O2/c1-8(22)28-6-10-7-29-16-12(15(24)21(16)13(10)17(25)26)19-14(23)11(20-27)9-2-4-18-5-3-9;3-2(4,5)1(6)7/h2-5,12,16,27H,6-7H2,1H3,(H,19,23)(H,25,26);(H,6,7)/t12-,16+;/m1./s1. The zero-order valence-corrected chi connectivity index (χ0v) is 18.9. The van der Waals surface area contributed by atoms with Crippen molar-refractivity contribution in [1.29, 1.82) is 0 Å². The molecule has 3 rings (SSSR count). The van der Waals surface area contributed by atoms with Crippen LogP contribution in [0.4, 0.5) is 13.2 Å². The molecule has 0 radical (unpaired) electrons. The molecule has 13 nitrogen and oxygen atoms in total. The van der Waals surface area contributed by atoms with Crippen LogP contribution in [0.2, 0.25) is 0 Å². The Labute approximate surface area is 203 Å². The Morgan fingerprint density at radius 3 is 2.31 bits per heavy atom. The number of carbonyl (C=O) groups is 5. The van der Waals surface area contributed by atoms with E-state index in [9.17, 15) is 42.7 Å². The molecule has 4 N–H and O–H groups in total. The van der Waals surface area contributed by atoms with Crippen LogP contribution in [0.25, 0.3) is 0 Å². The number of amides is 2. The molecule has 0 aromatic carbocycles. The summed E-state index contributed by atoms with van der Waals surface area (Å²) in [6, 6.07) is 1.94. The number of alkyl halides is 3. The highest BCUT2D eigenvalue weighted by Crippen LogP contribution is 2.40. The lowest BCUT2D eigenvalue weighted by Gasteiger charge is -2.49. The number of fused-ring (bicyclic) bond motifs is 1. The number of aliphatic carboxylic acids is 2. The molecule has 2 aliphatic heterocycles. The normalized spacial score (nSPS) is 19.3. The summed E-state index contributed by atoms with van der Waals surface area (Å²) in [7, 11) is 0. The number of pyridine rings is 1. The first-order chi connectivity index (χ1) is 16.8. The van der Waals surface area contributed by atoms with Gasteiger partial charge >= 0.3 is 24.1 Å². The second-order valence-corrected chi connectivity index (χ2v) is 7.99. The monoisotopic (exact) mass is 534 g/mol. The van der Waals surface area contributed by atoms with E-state index in [-0.39, 0.29) is 23.8 Å². The number of ether oxygens (including phenoxy) is 1. The van der Waals surface area contributed by atoms with Crippen molar-refractivity contribution in [2.45, 2.75) is 24.5 Å². The van der Waals surface area contributed by atoms with E-state index < -0.39 is 47.3 Å². The lowest BCUT2D eigenvalue weighted by atomic mass is 10.0. The van der Waals surface area contributed by atoms with Gasteiger partial charge in [0.05, 0.1) is 0 Å². The van der Waals surface area contributed by atoms with E-state index in [1.54, 1.807) is 0 Å². The Hall–Kier alpha value is -4.15. The molecule has 17 heteroatoms. The predicted molar refractivity (Wildman–Crippen MR) is 113 cm³/mol. The molecule has 2 amide bonds. The van der Waals surface area contributed by atoms with Crippen LogP contribution in [0.5, 0.6) is 0 Å². The van der Waals surface area contributed by atoms with Gasteiger partial charge in [0.15, 0.2) is 5.71 Å². The van der Waals surface area contributed by atoms with E-state index in [0.29, 0.717) is 11.1 Å². The molecule has 0 aliphatic carbocycles. The van der Waals surface area contributed by atoms with Gasteiger partial charge in [0, 0.05) is 36.2 Å². The Morgan fingerprint density at radius 2 is 1.83 bits per heavy atom. The number of β-lactam (4-membered cyclic amide) rings is 1. The van der Waals surface area contributed by atoms with E-state index in [1.807, 2.05) is 0 Å². The van der Waals surface area contributed by atoms with Gasteiger partial charge in [-0.05, 0) is 12.1 Å². The maximum absolute atomic E-state index is 12.6. The van der Waals surface area contributed by atoms with Crippen molar-refractivity contribution in [1.82, 2.24) is 15.2 Å². The molecule has 0 bridgehead atoms. The van der Waals surface area contributed by atoms with Crippen LogP contribution in [-0.4, -0.2) is 90.7 Å². The van der Waals surface area contributed by atoms with Crippen molar-refractivity contribution in [2.75, 3.05) is 12.4 Å². The summed E-state index contributed by atoms with van der Waals surface area (Å²) in [4.78, 5) is 61.5. The first kappa shape index (κ1) is 28.1. The number of nitrogens with zero attached hydrogens (tertiary/aromatic N) is 3. The fourth-order valence-electron chi connectivity index (χ4n) is 2.94. The lowest BCUT2D eigenvalue weighted by molar-refractivity contribution is -0.192. The number of hydrogen-bond acceptors (Lipinski definition) is 10. The molecule has 1 fully saturated rings. The van der Waals surface area contributed by atoms with Crippen LogP contribution >= 0.6 is 11.8 Å². The van der Waals surface area contributed by atoms with E-state index in [0.717, 1.165) is 4.90 Å². The molecule has 1 aromatic heterocycles. The van der Waals surface area contributed by atoms with Gasteiger partial charge in [-0.15, -0.1) is 11.8 Å². The smallest absolute Gasteiger partial charge is 0.477 e. The van der Waals surface area contributed by atoms with E-state index in [2.05, 4.69) is 15.5 Å². The predicted octanol–water partition coefficient (Wildman–Crippen LogP) is 0.195. The molecular formula is C19H17F3N4O9S. The highest BCUT2D eigenvalue weighted by molar-refractivity contribution is 8.00. The van der Waals surface area contributed by atoms with Crippen LogP contribution in [0.1, 0.15) is 12.5 Å². The third-order valence-electron chi connectivity index (χ3n) is 4.50. The van der Waals surface area contributed by atoms with Crippen LogP contribution in [0.15, 0.2) is 41.0 Å². The summed E-state index contributed by atoms with van der Waals surface area (Å²) >= 11 is 1.23. The van der Waals surface area contributed by atoms with E-state index in [4.69, 9.17) is 14.6 Å². The first-order valence-corrected chi connectivity index (χ1v) is 10.6. The maximum atomic E-state index is 12.6. The number of thioether (sulfide) groups is 1. The van der Waals surface area contributed by atoms with Gasteiger partial charge in [-0.3, -0.25) is 24.3 Å². The van der Waals surface area contributed by atoms with Gasteiger partial charge in [0.1, 0.15) is 23.7 Å². The SMILES string of the molecule is CC(=O)OCC1=C(C(=O)O)N2C(=O)[C@@H](NC(=O)C(=NO)c3ccncc3)[C@@H]2SC1.O=C(O)C(F)(F)F. The van der Waals surface area contributed by atoms with Crippen molar-refractivity contribution in [3.8, 4) is 0 Å². The fourth-order valence-corrected chi connectivity index (χ4v) is 4.26. The first-order valence-electron chi connectivity index (χ1n) is 9.56. The van der Waals surface area contributed by atoms with Crippen LogP contribution in [-0.2, 0) is 28.7 Å². The number of aromatic nitrogens is 1. The second-order valence-electron chi connectivity index (χ2n) is 6.89. The molecule has 2 aliphatic rings. The average molecular weight is 534 g/mol. The Morgan fingerprint density at radius 1 is 1.25 bits per heavy atom. The van der Waals surface area contributed by atoms with Crippen molar-refractivity contribution in [3.63, 3.8) is 0 Å². The molecule has 3 heterocycles. The number of carboxylic acids is 2. The van der Waals surface area contributed by atoms with Crippen molar-refractivity contribution in [2.24, 2.45) is 5.16 Å². The summed E-state index contributed by atoms with van der Waals surface area (Å²) in [5, 5.41) is 30.6. The molecule has 194 valence electrons. The third kappa shape index (κ3) is 6.49. The topological polar surface area (TPSA) is 196 Å². The molecule has 0 spiro atoms. The number of carboxylic acid groups (broad SMARTS) is 2. The zero-order valence-electron chi connectivity index (χ0n) is 18.1. The van der Waals surface area contributed by atoms with Crippen LogP contribution < -0.4 is 5.32 Å². The lowest BCUT2D eigenvalue weighted by Crippen LogP contribution is -2.71. The molecular weight excluding hydrogens is 517 g/mol. The minimum atomic E-state index is -5.08. The summed E-state index contributed by atoms with van der Waals surface area (Å²) < 4.78 is 36.6. The third-order valence-corrected chi connectivity index (χ3v) is 5.84. The maximum Gasteiger partial charge on any atom is 0.490 e. The number of hydrogen-bond donors (Lipinski definition) is 4. The Bertz CT molecular complexity index is 1120. The number of halogens is 3. The van der Waals surface area contributed by atoms with Gasteiger partial charge in [-0.2, -0.15) is 13.2 Å². The number of carbonyl (C=O) groups excluding carboxylic acids is 3. The van der Waals surface area contributed by atoms with Gasteiger partial charge in [-0.1, -0.05) is 5.16 Å². The fraction of sp³-hybridized carbons (Fsp3) is 0.316. The molecule has 0 saturated carbocycles. The second kappa shape index (κ2) is 11.5. The number of oxime groups is 1.